The number of hydrogen-bond donors (Lipinski definition) is 2. The zero-order valence-electron chi connectivity index (χ0n) is 18.2. The summed E-state index contributed by atoms with van der Waals surface area (Å²) in [5, 5.41) is 5.79. The highest BCUT2D eigenvalue weighted by atomic mass is 19.4. The highest BCUT2D eigenvalue weighted by molar-refractivity contribution is 6.10. The Kier molecular flexibility index (Phi) is 6.01. The largest absolute Gasteiger partial charge is 0.496 e. The average molecular weight is 456 g/mol. The van der Waals surface area contributed by atoms with Crippen molar-refractivity contribution in [2.45, 2.75) is 38.3 Å². The monoisotopic (exact) mass is 456 g/mol. The number of Topliss-reactive ketones (excluding diaryl/α,β-unsaturated/α-hetero) is 1. The lowest BCUT2D eigenvalue weighted by Gasteiger charge is -2.35. The van der Waals surface area contributed by atoms with E-state index in [-0.39, 0.29) is 17.0 Å². The van der Waals surface area contributed by atoms with E-state index < -0.39 is 23.6 Å². The lowest BCUT2D eigenvalue weighted by molar-refractivity contribution is -0.137. The van der Waals surface area contributed by atoms with Gasteiger partial charge in [0.2, 0.25) is 0 Å². The first-order valence-corrected chi connectivity index (χ1v) is 10.6. The van der Waals surface area contributed by atoms with Crippen LogP contribution in [0.4, 0.5) is 18.9 Å². The number of carbonyl (C=O) groups is 2. The molecule has 0 spiro atoms. The molecule has 172 valence electrons. The van der Waals surface area contributed by atoms with Crippen molar-refractivity contribution >= 4 is 17.4 Å². The van der Waals surface area contributed by atoms with E-state index in [1.807, 2.05) is 0 Å². The minimum Gasteiger partial charge on any atom is -0.496 e. The SMILES string of the molecule is COc1ccccc1[C@H]1C(C(=O)Nc2cccc(C(F)(F)F)c2)=C(C)NC2=C1C(=O)CCC2. The molecule has 1 heterocycles. The van der Waals surface area contributed by atoms with Crippen molar-refractivity contribution in [2.75, 3.05) is 12.4 Å². The number of allylic oxidation sites excluding steroid dienone is 3. The highest BCUT2D eigenvalue weighted by Gasteiger charge is 2.39. The van der Waals surface area contributed by atoms with Crippen molar-refractivity contribution in [2.24, 2.45) is 0 Å². The first-order valence-electron chi connectivity index (χ1n) is 10.6. The van der Waals surface area contributed by atoms with Gasteiger partial charge in [-0.2, -0.15) is 13.2 Å². The minimum absolute atomic E-state index is 0.0173. The number of carbonyl (C=O) groups excluding carboxylic acids is 2. The van der Waals surface area contributed by atoms with Gasteiger partial charge in [0.15, 0.2) is 5.78 Å². The smallest absolute Gasteiger partial charge is 0.416 e. The van der Waals surface area contributed by atoms with Crippen LogP contribution in [0.3, 0.4) is 0 Å². The third kappa shape index (κ3) is 4.37. The van der Waals surface area contributed by atoms with Crippen LogP contribution >= 0.6 is 0 Å². The van der Waals surface area contributed by atoms with Gasteiger partial charge in [0.25, 0.3) is 5.91 Å². The first kappa shape index (κ1) is 22.6. The van der Waals surface area contributed by atoms with Gasteiger partial charge in [-0.1, -0.05) is 24.3 Å². The number of nitrogens with one attached hydrogen (secondary N) is 2. The molecule has 0 saturated carbocycles. The van der Waals surface area contributed by atoms with Crippen LogP contribution in [0.15, 0.2) is 71.1 Å². The standard InChI is InChI=1S/C25H23F3N2O3/c1-14-21(24(32)30-16-8-5-7-15(13-16)25(26,27)28)22(17-9-3-4-12-20(17)33-2)23-18(29-14)10-6-11-19(23)31/h3-5,7-9,12-13,22,29H,6,10-11H2,1-2H3,(H,30,32)/t22-/m0/s1. The van der Waals surface area contributed by atoms with Crippen LogP contribution in [0.25, 0.3) is 0 Å². The summed E-state index contributed by atoms with van der Waals surface area (Å²) in [6, 6.07) is 11.6. The van der Waals surface area contributed by atoms with Crippen molar-refractivity contribution in [1.29, 1.82) is 0 Å². The number of hydrogen-bond acceptors (Lipinski definition) is 4. The van der Waals surface area contributed by atoms with Gasteiger partial charge in [-0.15, -0.1) is 0 Å². The molecule has 8 heteroatoms. The summed E-state index contributed by atoms with van der Waals surface area (Å²) >= 11 is 0. The van der Waals surface area contributed by atoms with Gasteiger partial charge in [-0.3, -0.25) is 9.59 Å². The van der Waals surface area contributed by atoms with Crippen LogP contribution in [0.1, 0.15) is 43.2 Å². The summed E-state index contributed by atoms with van der Waals surface area (Å²) in [6.07, 6.45) is -2.78. The molecule has 0 saturated heterocycles. The summed E-state index contributed by atoms with van der Waals surface area (Å²) in [6.45, 7) is 1.73. The molecule has 0 unspecified atom stereocenters. The quantitative estimate of drug-likeness (QED) is 0.654. The Hall–Kier alpha value is -3.55. The maximum atomic E-state index is 13.4. The second kappa shape index (κ2) is 8.77. The molecule has 0 radical (unpaired) electrons. The second-order valence-electron chi connectivity index (χ2n) is 8.04. The number of dihydropyridines is 1. The zero-order valence-corrected chi connectivity index (χ0v) is 18.2. The van der Waals surface area contributed by atoms with Crippen molar-refractivity contribution in [3.8, 4) is 5.75 Å². The van der Waals surface area contributed by atoms with E-state index in [0.29, 0.717) is 41.8 Å². The Morgan fingerprint density at radius 2 is 1.88 bits per heavy atom. The fraction of sp³-hybridized carbons (Fsp3) is 0.280. The van der Waals surface area contributed by atoms with Crippen LogP contribution in [0.5, 0.6) is 5.75 Å². The Bertz CT molecular complexity index is 1180. The number of methoxy groups -OCH3 is 1. The molecule has 2 aromatic rings. The van der Waals surface area contributed by atoms with Crippen LogP contribution < -0.4 is 15.4 Å². The van der Waals surface area contributed by atoms with Crippen LogP contribution in [-0.2, 0) is 15.8 Å². The molecule has 2 aliphatic rings. The summed E-state index contributed by atoms with van der Waals surface area (Å²) in [5.74, 6) is -0.820. The molecule has 0 aromatic heterocycles. The number of anilines is 1. The number of ketones is 1. The number of rotatable bonds is 4. The Morgan fingerprint density at radius 1 is 1.12 bits per heavy atom. The summed E-state index contributed by atoms with van der Waals surface area (Å²) in [4.78, 5) is 26.4. The number of alkyl halides is 3. The molecule has 2 aromatic carbocycles. The van der Waals surface area contributed by atoms with Crippen LogP contribution in [-0.4, -0.2) is 18.8 Å². The third-order valence-corrected chi connectivity index (χ3v) is 5.92. The molecule has 0 fully saturated rings. The topological polar surface area (TPSA) is 67.4 Å². The van der Waals surface area contributed by atoms with Crippen molar-refractivity contribution in [3.63, 3.8) is 0 Å². The normalized spacial score (nSPS) is 18.6. The van der Waals surface area contributed by atoms with Crippen molar-refractivity contribution < 1.29 is 27.5 Å². The Balaban J connectivity index is 1.79. The highest BCUT2D eigenvalue weighted by Crippen LogP contribution is 2.45. The van der Waals surface area contributed by atoms with E-state index >= 15 is 0 Å². The zero-order chi connectivity index (χ0) is 23.8. The second-order valence-corrected chi connectivity index (χ2v) is 8.04. The van der Waals surface area contributed by atoms with E-state index in [1.54, 1.807) is 31.2 Å². The van der Waals surface area contributed by atoms with Crippen LogP contribution in [0.2, 0.25) is 0 Å². The number of benzene rings is 2. The maximum absolute atomic E-state index is 13.4. The molecule has 0 bridgehead atoms. The third-order valence-electron chi connectivity index (χ3n) is 5.92. The van der Waals surface area contributed by atoms with Gasteiger partial charge in [-0.25, -0.2) is 0 Å². The number of ether oxygens (including phenoxy) is 1. The molecular formula is C25H23F3N2O3. The van der Waals surface area contributed by atoms with E-state index in [2.05, 4.69) is 10.6 Å². The fourth-order valence-corrected chi connectivity index (χ4v) is 4.47. The van der Waals surface area contributed by atoms with Gasteiger partial charge in [0.1, 0.15) is 5.75 Å². The van der Waals surface area contributed by atoms with Gasteiger partial charge in [0, 0.05) is 40.2 Å². The predicted molar refractivity (Wildman–Crippen MR) is 118 cm³/mol. The van der Waals surface area contributed by atoms with Gasteiger partial charge in [-0.05, 0) is 44.0 Å². The Labute approximate surface area is 189 Å². The molecule has 1 aliphatic heterocycles. The van der Waals surface area contributed by atoms with Crippen molar-refractivity contribution in [3.05, 3.63) is 82.2 Å². The predicted octanol–water partition coefficient (Wildman–Crippen LogP) is 5.32. The Morgan fingerprint density at radius 3 is 2.61 bits per heavy atom. The molecular weight excluding hydrogens is 433 g/mol. The molecule has 1 amide bonds. The molecule has 1 aliphatic carbocycles. The summed E-state index contributed by atoms with van der Waals surface area (Å²) < 4.78 is 44.9. The number of amides is 1. The van der Waals surface area contributed by atoms with Crippen molar-refractivity contribution in [1.82, 2.24) is 5.32 Å². The summed E-state index contributed by atoms with van der Waals surface area (Å²) in [5.41, 5.74) is 1.90. The van der Waals surface area contributed by atoms with Gasteiger partial charge in [0.05, 0.1) is 18.6 Å². The van der Waals surface area contributed by atoms with E-state index in [1.165, 1.54) is 19.2 Å². The molecule has 1 atom stereocenters. The van der Waals surface area contributed by atoms with E-state index in [4.69, 9.17) is 4.74 Å². The number of para-hydroxylation sites is 1. The lowest BCUT2D eigenvalue weighted by Crippen LogP contribution is -2.35. The lowest BCUT2D eigenvalue weighted by atomic mass is 9.74. The molecule has 4 rings (SSSR count). The molecule has 5 nitrogen and oxygen atoms in total. The van der Waals surface area contributed by atoms with Gasteiger partial charge >= 0.3 is 6.18 Å². The van der Waals surface area contributed by atoms with Crippen LogP contribution in [0, 0.1) is 0 Å². The molecule has 33 heavy (non-hydrogen) atoms. The minimum atomic E-state index is -4.53. The maximum Gasteiger partial charge on any atom is 0.416 e. The fourth-order valence-electron chi connectivity index (χ4n) is 4.47. The van der Waals surface area contributed by atoms with E-state index in [9.17, 15) is 22.8 Å². The first-order chi connectivity index (χ1) is 15.7. The van der Waals surface area contributed by atoms with E-state index in [0.717, 1.165) is 17.8 Å². The molecule has 2 N–H and O–H groups in total. The average Bonchev–Trinajstić information content (AvgIpc) is 2.77. The summed E-state index contributed by atoms with van der Waals surface area (Å²) in [7, 11) is 1.51. The number of halogens is 3. The van der Waals surface area contributed by atoms with Gasteiger partial charge < -0.3 is 15.4 Å².